The number of rotatable bonds is 9. The van der Waals surface area contributed by atoms with E-state index >= 15 is 0 Å². The highest BCUT2D eigenvalue weighted by atomic mass is 16.3. The van der Waals surface area contributed by atoms with Gasteiger partial charge in [0.15, 0.2) is 17.3 Å². The van der Waals surface area contributed by atoms with Gasteiger partial charge in [-0.15, -0.1) is 0 Å². The lowest BCUT2D eigenvalue weighted by Gasteiger charge is -2.03. The number of phenols is 2. The van der Waals surface area contributed by atoms with Crippen LogP contribution >= 0.6 is 0 Å². The van der Waals surface area contributed by atoms with Gasteiger partial charge in [-0.2, -0.15) is 0 Å². The summed E-state index contributed by atoms with van der Waals surface area (Å²) in [6.07, 6.45) is 9.75. The molecule has 0 saturated heterocycles. The minimum Gasteiger partial charge on any atom is -0.504 e. The molecular formula is C16H23NO3. The lowest BCUT2D eigenvalue weighted by molar-refractivity contribution is 0.0994. The molecule has 0 spiro atoms. The van der Waals surface area contributed by atoms with E-state index in [1.165, 1.54) is 43.9 Å². The van der Waals surface area contributed by atoms with Gasteiger partial charge in [0.05, 0.1) is 6.54 Å². The summed E-state index contributed by atoms with van der Waals surface area (Å²) in [6.45, 7) is 2.36. The van der Waals surface area contributed by atoms with Crippen LogP contribution in [0.3, 0.4) is 0 Å². The van der Waals surface area contributed by atoms with Crippen molar-refractivity contribution in [3.63, 3.8) is 0 Å². The fourth-order valence-electron chi connectivity index (χ4n) is 1.81. The number of hydrogen-bond acceptors (Lipinski definition) is 4. The van der Waals surface area contributed by atoms with E-state index in [2.05, 4.69) is 12.2 Å². The molecule has 0 aliphatic heterocycles. The first-order chi connectivity index (χ1) is 9.65. The molecule has 0 atom stereocenters. The third kappa shape index (κ3) is 5.78. The minimum absolute atomic E-state index is 0.129. The molecule has 0 heterocycles. The summed E-state index contributed by atoms with van der Waals surface area (Å²) in [5, 5.41) is 21.4. The molecule has 0 unspecified atom stereocenters. The van der Waals surface area contributed by atoms with Crippen molar-refractivity contribution in [2.45, 2.75) is 39.0 Å². The van der Waals surface area contributed by atoms with Gasteiger partial charge in [0, 0.05) is 5.56 Å². The van der Waals surface area contributed by atoms with Crippen molar-refractivity contribution in [1.29, 1.82) is 0 Å². The van der Waals surface area contributed by atoms with Gasteiger partial charge in [0.25, 0.3) is 0 Å². The number of hydrogen-bond donors (Lipinski definition) is 3. The van der Waals surface area contributed by atoms with Crippen LogP contribution in [-0.2, 0) is 0 Å². The minimum atomic E-state index is -0.276. The summed E-state index contributed by atoms with van der Waals surface area (Å²) in [5.74, 6) is -0.625. The number of ketones is 1. The molecule has 1 rings (SSSR count). The maximum Gasteiger partial charge on any atom is 0.181 e. The average Bonchev–Trinajstić information content (AvgIpc) is 2.44. The zero-order valence-electron chi connectivity index (χ0n) is 11.9. The van der Waals surface area contributed by atoms with Crippen LogP contribution in [-0.4, -0.2) is 22.5 Å². The van der Waals surface area contributed by atoms with E-state index in [1.807, 2.05) is 6.08 Å². The van der Waals surface area contributed by atoms with Crippen LogP contribution in [0.1, 0.15) is 49.4 Å². The van der Waals surface area contributed by atoms with E-state index in [0.29, 0.717) is 5.56 Å². The number of carbonyl (C=O) groups is 1. The van der Waals surface area contributed by atoms with Crippen LogP contribution in [0.25, 0.3) is 0 Å². The van der Waals surface area contributed by atoms with Crippen molar-refractivity contribution in [1.82, 2.24) is 5.32 Å². The number of carbonyl (C=O) groups excluding carboxylic acids is 1. The number of nitrogens with one attached hydrogen (secondary N) is 1. The van der Waals surface area contributed by atoms with Crippen molar-refractivity contribution in [2.75, 3.05) is 6.54 Å². The van der Waals surface area contributed by atoms with Crippen LogP contribution in [0.2, 0.25) is 0 Å². The largest absolute Gasteiger partial charge is 0.504 e. The third-order valence-corrected chi connectivity index (χ3v) is 3.02. The molecule has 0 radical (unpaired) electrons. The Balaban J connectivity index is 2.26. The van der Waals surface area contributed by atoms with Crippen molar-refractivity contribution < 1.29 is 15.0 Å². The molecule has 20 heavy (non-hydrogen) atoms. The normalized spacial score (nSPS) is 10.8. The van der Waals surface area contributed by atoms with Crippen LogP contribution in [0.4, 0.5) is 0 Å². The summed E-state index contributed by atoms with van der Waals surface area (Å²) in [7, 11) is 0. The smallest absolute Gasteiger partial charge is 0.181 e. The number of benzene rings is 1. The van der Waals surface area contributed by atoms with Gasteiger partial charge in [-0.3, -0.25) is 4.79 Å². The monoisotopic (exact) mass is 277 g/mol. The molecular weight excluding hydrogens is 254 g/mol. The Labute approximate surface area is 120 Å². The van der Waals surface area contributed by atoms with Gasteiger partial charge in [-0.25, -0.2) is 0 Å². The Kier molecular flexibility index (Phi) is 7.25. The molecule has 1 aromatic carbocycles. The van der Waals surface area contributed by atoms with Crippen LogP contribution in [0.5, 0.6) is 11.5 Å². The molecule has 4 heteroatoms. The van der Waals surface area contributed by atoms with Crippen molar-refractivity contribution in [3.8, 4) is 11.5 Å². The second-order valence-corrected chi connectivity index (χ2v) is 4.76. The van der Waals surface area contributed by atoms with Gasteiger partial charge in [0.2, 0.25) is 0 Å². The van der Waals surface area contributed by atoms with Gasteiger partial charge in [-0.1, -0.05) is 32.3 Å². The predicted octanol–water partition coefficient (Wildman–Crippen LogP) is 3.35. The first kappa shape index (κ1) is 16.1. The Hall–Kier alpha value is -1.97. The van der Waals surface area contributed by atoms with Crippen molar-refractivity contribution >= 4 is 5.78 Å². The highest BCUT2D eigenvalue weighted by Crippen LogP contribution is 2.24. The van der Waals surface area contributed by atoms with Crippen LogP contribution in [0.15, 0.2) is 30.5 Å². The SMILES string of the molecule is CCCCCC/C=C/NCC(=O)c1ccc(O)c(O)c1. The summed E-state index contributed by atoms with van der Waals surface area (Å²) >= 11 is 0. The van der Waals surface area contributed by atoms with E-state index in [1.54, 1.807) is 6.20 Å². The first-order valence-electron chi connectivity index (χ1n) is 7.08. The molecule has 3 N–H and O–H groups in total. The van der Waals surface area contributed by atoms with E-state index in [9.17, 15) is 15.0 Å². The van der Waals surface area contributed by atoms with E-state index in [4.69, 9.17) is 0 Å². The van der Waals surface area contributed by atoms with Gasteiger partial charge >= 0.3 is 0 Å². The van der Waals surface area contributed by atoms with E-state index in [-0.39, 0.29) is 23.8 Å². The third-order valence-electron chi connectivity index (χ3n) is 3.02. The Bertz CT molecular complexity index is 455. The molecule has 0 aliphatic rings. The number of phenolic OH excluding ortho intramolecular Hbond substituents is 2. The van der Waals surface area contributed by atoms with Gasteiger partial charge in [0.1, 0.15) is 0 Å². The molecule has 0 aliphatic carbocycles. The Morgan fingerprint density at radius 3 is 2.70 bits per heavy atom. The van der Waals surface area contributed by atoms with Crippen LogP contribution < -0.4 is 5.32 Å². The molecule has 4 nitrogen and oxygen atoms in total. The molecule has 0 saturated carbocycles. The van der Waals surface area contributed by atoms with Crippen molar-refractivity contribution in [2.24, 2.45) is 0 Å². The zero-order chi connectivity index (χ0) is 14.8. The number of Topliss-reactive ketones (excluding diaryl/α,β-unsaturated/α-hetero) is 1. The number of unbranched alkanes of at least 4 members (excludes halogenated alkanes) is 4. The second-order valence-electron chi connectivity index (χ2n) is 4.76. The summed E-state index contributed by atoms with van der Waals surface area (Å²) in [4.78, 5) is 11.8. The molecule has 0 bridgehead atoms. The lowest BCUT2D eigenvalue weighted by atomic mass is 10.1. The highest BCUT2D eigenvalue weighted by Gasteiger charge is 2.07. The average molecular weight is 277 g/mol. The number of aromatic hydroxyl groups is 2. The molecule has 110 valence electrons. The second kappa shape index (κ2) is 9.02. The molecule has 0 aromatic heterocycles. The molecule has 0 amide bonds. The maximum atomic E-state index is 11.8. The maximum absolute atomic E-state index is 11.8. The standard InChI is InChI=1S/C16H23NO3/c1-2-3-4-5-6-7-10-17-12-16(20)13-8-9-14(18)15(19)11-13/h7-11,17-19H,2-6,12H2,1H3/b10-7+. The van der Waals surface area contributed by atoms with Crippen molar-refractivity contribution in [3.05, 3.63) is 36.0 Å². The highest BCUT2D eigenvalue weighted by molar-refractivity contribution is 5.98. The van der Waals surface area contributed by atoms with Gasteiger partial charge < -0.3 is 15.5 Å². The molecule has 0 fully saturated rings. The zero-order valence-corrected chi connectivity index (χ0v) is 11.9. The quantitative estimate of drug-likeness (QED) is 0.368. The number of allylic oxidation sites excluding steroid dienone is 1. The van der Waals surface area contributed by atoms with E-state index in [0.717, 1.165) is 6.42 Å². The summed E-state index contributed by atoms with van der Waals surface area (Å²) in [5.41, 5.74) is 0.379. The first-order valence-corrected chi connectivity index (χ1v) is 7.08. The van der Waals surface area contributed by atoms with Gasteiger partial charge in [-0.05, 0) is 37.2 Å². The topological polar surface area (TPSA) is 69.6 Å². The van der Waals surface area contributed by atoms with Crippen LogP contribution in [0, 0.1) is 0 Å². The summed E-state index contributed by atoms with van der Waals surface area (Å²) < 4.78 is 0. The summed E-state index contributed by atoms with van der Waals surface area (Å²) in [6, 6.07) is 4.08. The molecule has 1 aromatic rings. The fraction of sp³-hybridized carbons (Fsp3) is 0.438. The lowest BCUT2D eigenvalue weighted by Crippen LogP contribution is -2.17. The van der Waals surface area contributed by atoms with E-state index < -0.39 is 0 Å². The fourth-order valence-corrected chi connectivity index (χ4v) is 1.81. The Morgan fingerprint density at radius 1 is 1.20 bits per heavy atom. The Morgan fingerprint density at radius 2 is 2.00 bits per heavy atom. The predicted molar refractivity (Wildman–Crippen MR) is 80.0 cm³/mol.